The second-order valence-electron chi connectivity index (χ2n) is 7.60. The minimum Gasteiger partial charge on any atom is -0.467 e. The molecule has 4 rings (SSSR count). The highest BCUT2D eigenvalue weighted by atomic mass is 79.9. The fourth-order valence-electron chi connectivity index (χ4n) is 4.19. The molecule has 1 amide bonds. The number of benzene rings is 2. The predicted octanol–water partition coefficient (Wildman–Crippen LogP) is 4.01. The number of para-hydroxylation sites is 1. The zero-order valence-electron chi connectivity index (χ0n) is 16.2. The molecular weight excluding hydrogens is 438 g/mol. The summed E-state index contributed by atoms with van der Waals surface area (Å²) < 4.78 is 7.49. The lowest BCUT2D eigenvalue weighted by atomic mass is 9.78. The number of hydrogen-bond acceptors (Lipinski definition) is 3. The zero-order chi connectivity index (χ0) is 20.2. The molecule has 7 heteroatoms. The van der Waals surface area contributed by atoms with Crippen LogP contribution in [0.1, 0.15) is 24.1 Å². The van der Waals surface area contributed by atoms with E-state index in [9.17, 15) is 4.79 Å². The van der Waals surface area contributed by atoms with Gasteiger partial charge in [0.15, 0.2) is 10.8 Å². The Morgan fingerprint density at radius 1 is 1.29 bits per heavy atom. The highest BCUT2D eigenvalue weighted by molar-refractivity contribution is 9.10. The molecule has 2 aliphatic rings. The lowest BCUT2D eigenvalue weighted by molar-refractivity contribution is -0.144. The lowest BCUT2D eigenvalue weighted by Crippen LogP contribution is -2.72. The molecule has 1 N–H and O–H groups in total. The van der Waals surface area contributed by atoms with Crippen molar-refractivity contribution in [1.82, 2.24) is 10.2 Å². The summed E-state index contributed by atoms with van der Waals surface area (Å²) in [6.07, 6.45) is 0. The lowest BCUT2D eigenvalue weighted by Gasteiger charge is -2.56. The first-order chi connectivity index (χ1) is 13.2. The van der Waals surface area contributed by atoms with Crippen LogP contribution in [0.25, 0.3) is 0 Å². The first-order valence-electron chi connectivity index (χ1n) is 9.10. The van der Waals surface area contributed by atoms with Crippen LogP contribution in [-0.2, 0) is 4.79 Å². The number of halogens is 1. The molecule has 0 radical (unpaired) electrons. The summed E-state index contributed by atoms with van der Waals surface area (Å²) in [7, 11) is 3.54. The van der Waals surface area contributed by atoms with Crippen molar-refractivity contribution >= 4 is 44.9 Å². The molecule has 146 valence electrons. The van der Waals surface area contributed by atoms with Gasteiger partial charge in [-0.25, -0.2) is 0 Å². The van der Waals surface area contributed by atoms with E-state index in [0.29, 0.717) is 5.11 Å². The fourth-order valence-corrected chi connectivity index (χ4v) is 4.97. The molecule has 28 heavy (non-hydrogen) atoms. The number of aryl methyl sites for hydroxylation is 1. The van der Waals surface area contributed by atoms with E-state index in [-0.39, 0.29) is 11.9 Å². The number of anilines is 1. The van der Waals surface area contributed by atoms with Gasteiger partial charge in [-0.2, -0.15) is 0 Å². The number of fused-ring (bicyclic) bond motifs is 4. The number of carbonyl (C=O) groups excluding carboxylic acids is 1. The highest BCUT2D eigenvalue weighted by Gasteiger charge is 2.59. The first-order valence-corrected chi connectivity index (χ1v) is 10.3. The number of hydrogen-bond donors (Lipinski definition) is 1. The third-order valence-corrected chi connectivity index (χ3v) is 6.32. The number of rotatable bonds is 2. The van der Waals surface area contributed by atoms with Gasteiger partial charge < -0.3 is 15.0 Å². The number of amides is 1. The largest absolute Gasteiger partial charge is 0.467 e. The van der Waals surface area contributed by atoms with Crippen molar-refractivity contribution in [2.45, 2.75) is 25.6 Å². The third kappa shape index (κ3) is 2.79. The van der Waals surface area contributed by atoms with E-state index in [1.807, 2.05) is 61.2 Å². The molecule has 0 aliphatic carbocycles. The Hall–Kier alpha value is -2.12. The number of ether oxygens (including phenoxy) is 1. The molecule has 0 spiro atoms. The predicted molar refractivity (Wildman–Crippen MR) is 117 cm³/mol. The zero-order valence-corrected chi connectivity index (χ0v) is 18.6. The van der Waals surface area contributed by atoms with Gasteiger partial charge in [0.25, 0.3) is 0 Å². The number of nitrogens with one attached hydrogen (secondary N) is 1. The third-order valence-electron chi connectivity index (χ3n) is 5.52. The summed E-state index contributed by atoms with van der Waals surface area (Å²) in [5.41, 5.74) is 1.96. The van der Waals surface area contributed by atoms with Crippen LogP contribution in [0.15, 0.2) is 46.9 Å². The highest BCUT2D eigenvalue weighted by Crippen LogP contribution is 2.50. The van der Waals surface area contributed by atoms with Crippen LogP contribution in [0.4, 0.5) is 5.69 Å². The van der Waals surface area contributed by atoms with Crippen molar-refractivity contribution in [1.29, 1.82) is 0 Å². The van der Waals surface area contributed by atoms with E-state index < -0.39 is 11.6 Å². The van der Waals surface area contributed by atoms with E-state index in [1.54, 1.807) is 19.0 Å². The van der Waals surface area contributed by atoms with Gasteiger partial charge >= 0.3 is 0 Å². The second-order valence-corrected chi connectivity index (χ2v) is 8.90. The van der Waals surface area contributed by atoms with Crippen molar-refractivity contribution in [3.63, 3.8) is 0 Å². The maximum Gasteiger partial charge on any atom is 0.233 e. The molecule has 5 nitrogen and oxygen atoms in total. The Bertz CT molecular complexity index is 980. The van der Waals surface area contributed by atoms with E-state index in [2.05, 4.69) is 21.2 Å². The van der Waals surface area contributed by atoms with Gasteiger partial charge in [-0.05, 0) is 55.9 Å². The van der Waals surface area contributed by atoms with Gasteiger partial charge in [-0.1, -0.05) is 34.1 Å². The van der Waals surface area contributed by atoms with Gasteiger partial charge in [0, 0.05) is 29.8 Å². The quantitative estimate of drug-likeness (QED) is 0.687. The molecule has 1 fully saturated rings. The van der Waals surface area contributed by atoms with Gasteiger partial charge in [-0.3, -0.25) is 9.69 Å². The molecule has 2 aliphatic heterocycles. The van der Waals surface area contributed by atoms with Crippen LogP contribution >= 0.6 is 28.1 Å². The van der Waals surface area contributed by atoms with Crippen LogP contribution in [0, 0.1) is 12.8 Å². The van der Waals surface area contributed by atoms with Crippen molar-refractivity contribution in [3.05, 3.63) is 58.1 Å². The van der Waals surface area contributed by atoms with E-state index in [1.165, 1.54) is 0 Å². The SMILES string of the molecule is Cc1ccccc1N1C(=S)N[C@H]2c3cc(Br)ccc3O[C@@]1(C)[C@H]2C(=O)N(C)C. The van der Waals surface area contributed by atoms with Crippen molar-refractivity contribution in [2.75, 3.05) is 19.0 Å². The minimum absolute atomic E-state index is 0.00768. The fraction of sp³-hybridized carbons (Fsp3) is 0.333. The normalized spacial score (nSPS) is 25.5. The first kappa shape index (κ1) is 19.2. The molecule has 2 heterocycles. The van der Waals surface area contributed by atoms with Crippen LogP contribution < -0.4 is 15.0 Å². The van der Waals surface area contributed by atoms with E-state index in [0.717, 1.165) is 27.0 Å². The molecule has 3 atom stereocenters. The van der Waals surface area contributed by atoms with E-state index >= 15 is 0 Å². The van der Waals surface area contributed by atoms with Crippen molar-refractivity contribution < 1.29 is 9.53 Å². The Morgan fingerprint density at radius 3 is 2.68 bits per heavy atom. The van der Waals surface area contributed by atoms with Crippen molar-refractivity contribution in [3.8, 4) is 5.75 Å². The average Bonchev–Trinajstić information content (AvgIpc) is 2.63. The smallest absolute Gasteiger partial charge is 0.233 e. The molecule has 0 unspecified atom stereocenters. The maximum absolute atomic E-state index is 13.3. The summed E-state index contributed by atoms with van der Waals surface area (Å²) in [4.78, 5) is 16.9. The average molecular weight is 460 g/mol. The Labute approximate surface area is 178 Å². The Kier molecular flexibility index (Phi) is 4.62. The van der Waals surface area contributed by atoms with Gasteiger partial charge in [0.1, 0.15) is 11.7 Å². The molecule has 0 saturated carbocycles. The van der Waals surface area contributed by atoms with Gasteiger partial charge in [0.2, 0.25) is 5.91 Å². The van der Waals surface area contributed by atoms with Crippen molar-refractivity contribution in [2.24, 2.45) is 5.92 Å². The Morgan fingerprint density at radius 2 is 2.00 bits per heavy atom. The second kappa shape index (κ2) is 6.74. The summed E-state index contributed by atoms with van der Waals surface area (Å²) in [6, 6.07) is 13.6. The molecular formula is C21H22BrN3O2S. The molecule has 2 bridgehead atoms. The summed E-state index contributed by atoms with van der Waals surface area (Å²) >= 11 is 9.29. The standard InChI is InChI=1S/C21H22BrN3O2S/c1-12-7-5-6-8-15(12)25-20(28)23-18-14-11-13(22)9-10-16(14)27-21(25,2)17(18)19(26)24(3)4/h5-11,17-18H,1-4H3,(H,23,28)/t17-,18+,21+/m1/s1. The number of carbonyl (C=O) groups is 1. The Balaban J connectivity index is 1.95. The minimum atomic E-state index is -0.957. The molecule has 0 aromatic heterocycles. The van der Waals surface area contributed by atoms with Crippen LogP contribution in [-0.4, -0.2) is 35.7 Å². The molecule has 2 aromatic carbocycles. The summed E-state index contributed by atoms with van der Waals surface area (Å²) in [6.45, 7) is 3.99. The van der Waals surface area contributed by atoms with Crippen LogP contribution in [0.2, 0.25) is 0 Å². The van der Waals surface area contributed by atoms with Gasteiger partial charge in [0.05, 0.1) is 6.04 Å². The molecule has 2 aromatic rings. The van der Waals surface area contributed by atoms with E-state index in [4.69, 9.17) is 17.0 Å². The van der Waals surface area contributed by atoms with Crippen LogP contribution in [0.5, 0.6) is 5.75 Å². The topological polar surface area (TPSA) is 44.8 Å². The number of thiocarbonyl (C=S) groups is 1. The maximum atomic E-state index is 13.3. The monoisotopic (exact) mass is 459 g/mol. The summed E-state index contributed by atoms with van der Waals surface area (Å²) in [5.74, 6) is 0.273. The van der Waals surface area contributed by atoms with Gasteiger partial charge in [-0.15, -0.1) is 0 Å². The number of nitrogens with zero attached hydrogens (tertiary/aromatic N) is 2. The summed E-state index contributed by atoms with van der Waals surface area (Å²) in [5, 5.41) is 3.98. The van der Waals surface area contributed by atoms with Crippen LogP contribution in [0.3, 0.4) is 0 Å². The molecule has 1 saturated heterocycles.